The number of carbonyl (C=O) groups is 1. The first-order chi connectivity index (χ1) is 8.31. The molecule has 5 heteroatoms. The van der Waals surface area contributed by atoms with Crippen molar-refractivity contribution in [1.82, 2.24) is 4.90 Å². The fraction of sp³-hybridized carbons (Fsp3) is 0.333. The van der Waals surface area contributed by atoms with Gasteiger partial charge in [-0.05, 0) is 25.0 Å². The van der Waals surface area contributed by atoms with Crippen molar-refractivity contribution in [3.05, 3.63) is 29.8 Å². The van der Waals surface area contributed by atoms with E-state index in [2.05, 4.69) is 0 Å². The van der Waals surface area contributed by atoms with Crippen LogP contribution < -0.4 is 4.89 Å². The number of rotatable bonds is 2. The first kappa shape index (κ1) is 11.3. The van der Waals surface area contributed by atoms with Gasteiger partial charge in [-0.15, -0.1) is 0 Å². The van der Waals surface area contributed by atoms with E-state index in [-0.39, 0.29) is 5.75 Å². The van der Waals surface area contributed by atoms with Gasteiger partial charge in [0, 0.05) is 13.1 Å². The molecule has 2 rings (SSSR count). The molecule has 5 nitrogen and oxygen atoms in total. The Morgan fingerprint density at radius 2 is 2.00 bits per heavy atom. The highest BCUT2D eigenvalue weighted by Gasteiger charge is 2.20. The van der Waals surface area contributed by atoms with Gasteiger partial charge in [-0.1, -0.05) is 12.1 Å². The summed E-state index contributed by atoms with van der Waals surface area (Å²) < 4.78 is 0. The van der Waals surface area contributed by atoms with Crippen LogP contribution in [0.15, 0.2) is 24.3 Å². The number of nitriles is 1. The van der Waals surface area contributed by atoms with Gasteiger partial charge in [0.2, 0.25) is 0 Å². The number of amides is 1. The fourth-order valence-electron chi connectivity index (χ4n) is 1.66. The van der Waals surface area contributed by atoms with E-state index < -0.39 is 6.09 Å². The van der Waals surface area contributed by atoms with E-state index in [1.54, 1.807) is 29.2 Å². The zero-order chi connectivity index (χ0) is 12.1. The Morgan fingerprint density at radius 3 is 2.71 bits per heavy atom. The highest BCUT2D eigenvalue weighted by Crippen LogP contribution is 2.17. The quantitative estimate of drug-likeness (QED) is 0.578. The van der Waals surface area contributed by atoms with Crippen molar-refractivity contribution in [3.63, 3.8) is 0 Å². The van der Waals surface area contributed by atoms with E-state index in [0.29, 0.717) is 18.7 Å². The minimum atomic E-state index is -0.504. The highest BCUT2D eigenvalue weighted by atomic mass is 17.2. The smallest absolute Gasteiger partial charge is 0.305 e. The summed E-state index contributed by atoms with van der Waals surface area (Å²) in [6.45, 7) is 1.39. The van der Waals surface area contributed by atoms with Gasteiger partial charge >= 0.3 is 6.09 Å². The number of likely N-dealkylation sites (tertiary alicyclic amines) is 1. The van der Waals surface area contributed by atoms with E-state index in [9.17, 15) is 4.79 Å². The highest BCUT2D eigenvalue weighted by molar-refractivity contribution is 5.67. The summed E-state index contributed by atoms with van der Waals surface area (Å²) in [6.07, 6.45) is 1.48. The van der Waals surface area contributed by atoms with E-state index in [0.717, 1.165) is 12.8 Å². The Hall–Kier alpha value is -2.22. The monoisotopic (exact) mass is 232 g/mol. The number of carbonyl (C=O) groups excluding carboxylic acids is 1. The molecule has 0 aromatic heterocycles. The standard InChI is InChI=1S/C12H12N2O3/c13-9-10-5-1-2-6-11(10)16-17-12(15)14-7-3-4-8-14/h1-2,5-6H,3-4,7-8H2. The lowest BCUT2D eigenvalue weighted by Gasteiger charge is -2.13. The van der Waals surface area contributed by atoms with Crippen molar-refractivity contribution in [2.24, 2.45) is 0 Å². The largest absolute Gasteiger partial charge is 0.452 e. The zero-order valence-corrected chi connectivity index (χ0v) is 9.26. The Kier molecular flexibility index (Phi) is 3.46. The fourth-order valence-corrected chi connectivity index (χ4v) is 1.66. The van der Waals surface area contributed by atoms with Gasteiger partial charge in [-0.25, -0.2) is 9.68 Å². The maximum atomic E-state index is 11.5. The maximum Gasteiger partial charge on any atom is 0.452 e. The molecule has 0 unspecified atom stereocenters. The number of hydrogen-bond donors (Lipinski definition) is 0. The molecule has 0 radical (unpaired) electrons. The second-order valence-electron chi connectivity index (χ2n) is 3.73. The maximum absolute atomic E-state index is 11.5. The summed E-state index contributed by atoms with van der Waals surface area (Å²) in [5.41, 5.74) is 0.335. The van der Waals surface area contributed by atoms with Crippen molar-refractivity contribution in [3.8, 4) is 11.8 Å². The first-order valence-electron chi connectivity index (χ1n) is 5.44. The molecule has 17 heavy (non-hydrogen) atoms. The van der Waals surface area contributed by atoms with Gasteiger partial charge in [0.15, 0.2) is 5.75 Å². The molecular weight excluding hydrogens is 220 g/mol. The van der Waals surface area contributed by atoms with Gasteiger partial charge in [0.25, 0.3) is 0 Å². The van der Waals surface area contributed by atoms with Gasteiger partial charge in [-0.2, -0.15) is 5.26 Å². The molecule has 1 aliphatic heterocycles. The minimum absolute atomic E-state index is 0.252. The summed E-state index contributed by atoms with van der Waals surface area (Å²) in [7, 11) is 0. The molecular formula is C12H12N2O3. The summed E-state index contributed by atoms with van der Waals surface area (Å²) >= 11 is 0. The summed E-state index contributed by atoms with van der Waals surface area (Å²) in [5.74, 6) is 0.252. The predicted molar refractivity (Wildman–Crippen MR) is 59.1 cm³/mol. The van der Waals surface area contributed by atoms with Crippen LogP contribution in [0.2, 0.25) is 0 Å². The SMILES string of the molecule is N#Cc1ccccc1OOC(=O)N1CCCC1. The number of hydrogen-bond acceptors (Lipinski definition) is 4. The number of benzene rings is 1. The average Bonchev–Trinajstić information content (AvgIpc) is 2.90. The Morgan fingerprint density at radius 1 is 1.29 bits per heavy atom. The van der Waals surface area contributed by atoms with E-state index >= 15 is 0 Å². The minimum Gasteiger partial charge on any atom is -0.305 e. The molecule has 1 saturated heterocycles. The van der Waals surface area contributed by atoms with Gasteiger partial charge in [0.1, 0.15) is 6.07 Å². The van der Waals surface area contributed by atoms with Crippen LogP contribution in [0.5, 0.6) is 5.75 Å². The summed E-state index contributed by atoms with van der Waals surface area (Å²) in [5, 5.41) is 8.81. The van der Waals surface area contributed by atoms with Crippen LogP contribution in [-0.2, 0) is 4.89 Å². The van der Waals surface area contributed by atoms with Crippen LogP contribution in [0.3, 0.4) is 0 Å². The molecule has 0 aliphatic carbocycles. The van der Waals surface area contributed by atoms with E-state index in [1.165, 1.54) is 0 Å². The lowest BCUT2D eigenvalue weighted by molar-refractivity contribution is -0.152. The molecule has 1 aromatic carbocycles. The Balaban J connectivity index is 1.93. The average molecular weight is 232 g/mol. The topological polar surface area (TPSA) is 62.6 Å². The van der Waals surface area contributed by atoms with Crippen molar-refractivity contribution < 1.29 is 14.6 Å². The van der Waals surface area contributed by atoms with Crippen LogP contribution in [-0.4, -0.2) is 24.1 Å². The molecule has 1 aliphatic rings. The normalized spacial score (nSPS) is 14.2. The third-order valence-electron chi connectivity index (χ3n) is 2.57. The van der Waals surface area contributed by atoms with Crippen molar-refractivity contribution in [1.29, 1.82) is 5.26 Å². The van der Waals surface area contributed by atoms with Crippen molar-refractivity contribution in [2.45, 2.75) is 12.8 Å². The van der Waals surface area contributed by atoms with Gasteiger partial charge in [-0.3, -0.25) is 4.89 Å². The molecule has 0 N–H and O–H groups in total. The second kappa shape index (κ2) is 5.21. The first-order valence-corrected chi connectivity index (χ1v) is 5.44. The molecule has 1 aromatic rings. The Labute approximate surface area is 99.1 Å². The van der Waals surface area contributed by atoms with Crippen LogP contribution in [0, 0.1) is 11.3 Å². The molecule has 1 fully saturated rings. The van der Waals surface area contributed by atoms with Gasteiger partial charge < -0.3 is 4.90 Å². The molecule has 88 valence electrons. The molecule has 1 amide bonds. The number of para-hydroxylation sites is 1. The molecule has 1 heterocycles. The summed E-state index contributed by atoms with van der Waals surface area (Å²) in [6, 6.07) is 8.56. The second-order valence-corrected chi connectivity index (χ2v) is 3.73. The molecule has 0 atom stereocenters. The predicted octanol–water partition coefficient (Wildman–Crippen LogP) is 2.08. The van der Waals surface area contributed by atoms with Crippen LogP contribution >= 0.6 is 0 Å². The van der Waals surface area contributed by atoms with Crippen LogP contribution in [0.25, 0.3) is 0 Å². The number of nitrogens with zero attached hydrogens (tertiary/aromatic N) is 2. The van der Waals surface area contributed by atoms with E-state index in [4.69, 9.17) is 15.0 Å². The zero-order valence-electron chi connectivity index (χ0n) is 9.26. The van der Waals surface area contributed by atoms with Crippen LogP contribution in [0.4, 0.5) is 4.79 Å². The third kappa shape index (κ3) is 2.67. The molecule has 0 bridgehead atoms. The summed E-state index contributed by atoms with van der Waals surface area (Å²) in [4.78, 5) is 22.7. The lowest BCUT2D eigenvalue weighted by atomic mass is 10.2. The molecule has 0 spiro atoms. The third-order valence-corrected chi connectivity index (χ3v) is 2.57. The van der Waals surface area contributed by atoms with Gasteiger partial charge in [0.05, 0.1) is 5.56 Å². The molecule has 0 saturated carbocycles. The van der Waals surface area contributed by atoms with Crippen LogP contribution in [0.1, 0.15) is 18.4 Å². The van der Waals surface area contributed by atoms with E-state index in [1.807, 2.05) is 6.07 Å². The van der Waals surface area contributed by atoms with Crippen molar-refractivity contribution >= 4 is 6.09 Å². The van der Waals surface area contributed by atoms with Crippen molar-refractivity contribution in [2.75, 3.05) is 13.1 Å². The Bertz CT molecular complexity index is 447. The lowest BCUT2D eigenvalue weighted by Crippen LogP contribution is -2.29.